The molecule has 4 aromatic heterocycles. The van der Waals surface area contributed by atoms with Gasteiger partial charge in [0, 0.05) is 66.0 Å². The summed E-state index contributed by atoms with van der Waals surface area (Å²) in [5.74, 6) is 0. The molecule has 0 atom stereocenters. The van der Waals surface area contributed by atoms with Gasteiger partial charge in [0.15, 0.2) is 0 Å². The van der Waals surface area contributed by atoms with Crippen molar-refractivity contribution in [2.45, 2.75) is 405 Å². The summed E-state index contributed by atoms with van der Waals surface area (Å²) in [5, 5.41) is 5.50. The maximum atomic E-state index is 5.13. The zero-order valence-corrected chi connectivity index (χ0v) is 70.3. The summed E-state index contributed by atoms with van der Waals surface area (Å²) >= 11 is 0. The molecule has 0 amide bonds. The highest BCUT2D eigenvalue weighted by Crippen LogP contribution is 2.44. The molecule has 0 aliphatic heterocycles. The van der Waals surface area contributed by atoms with Gasteiger partial charge in [-0.1, -0.05) is 244 Å². The van der Waals surface area contributed by atoms with E-state index >= 15 is 0 Å². The number of rotatable bonds is 0. The van der Waals surface area contributed by atoms with Gasteiger partial charge in [0.05, 0.1) is 22.1 Å². The summed E-state index contributed by atoms with van der Waals surface area (Å²) in [5.41, 5.74) is 34.7. The molecule has 564 valence electrons. The largest absolute Gasteiger partial charge is 0.252 e. The van der Waals surface area contributed by atoms with E-state index < -0.39 is 0 Å². The third-order valence-corrected chi connectivity index (χ3v) is 20.6. The molecule has 0 saturated carbocycles. The number of pyridine rings is 4. The number of hydrogen-bond donors (Lipinski definition) is 0. The summed E-state index contributed by atoms with van der Waals surface area (Å²) in [4.78, 5) is 20.5. The Morgan fingerprint density at radius 3 is 0.545 bits per heavy atom. The van der Waals surface area contributed by atoms with Gasteiger partial charge in [-0.05, 0) is 277 Å². The third-order valence-electron chi connectivity index (χ3n) is 20.6. The molecule has 0 fully saturated rings. The van der Waals surface area contributed by atoms with Crippen molar-refractivity contribution < 1.29 is 0 Å². The van der Waals surface area contributed by atoms with Crippen molar-refractivity contribution in [3.8, 4) is 0 Å². The molecule has 4 nitrogen and oxygen atoms in total. The minimum Gasteiger partial charge on any atom is -0.252 e. The van der Waals surface area contributed by atoms with E-state index in [0.29, 0.717) is 0 Å². The van der Waals surface area contributed by atoms with Gasteiger partial charge in [-0.25, -0.2) is 0 Å². The number of aryl methyl sites for hydroxylation is 8. The Morgan fingerprint density at radius 1 is 0.218 bits per heavy atom. The Kier molecular flexibility index (Phi) is 32.2. The molecule has 8 aromatic rings. The number of fused-ring (bicyclic) bond motifs is 8. The predicted octanol–water partition coefficient (Wildman–Crippen LogP) is 29.3. The van der Waals surface area contributed by atoms with Gasteiger partial charge in [0.25, 0.3) is 0 Å². The number of benzene rings is 4. The summed E-state index contributed by atoms with van der Waals surface area (Å²) in [6, 6.07) is 19.2. The van der Waals surface area contributed by atoms with Crippen molar-refractivity contribution in [1.29, 1.82) is 0 Å². The van der Waals surface area contributed by atoms with Crippen LogP contribution in [0, 0.1) is 27.7 Å². The second-order valence-corrected chi connectivity index (χ2v) is 36.5. The fourth-order valence-corrected chi connectivity index (χ4v) is 15.0. The van der Waals surface area contributed by atoms with Crippen LogP contribution in [0.5, 0.6) is 0 Å². The van der Waals surface area contributed by atoms with Crippen LogP contribution in [0.25, 0.3) is 43.6 Å². The molecule has 0 unspecified atom stereocenters. The Morgan fingerprint density at radius 2 is 0.376 bits per heavy atom. The van der Waals surface area contributed by atoms with Crippen molar-refractivity contribution in [1.82, 2.24) is 19.9 Å². The third kappa shape index (κ3) is 20.9. The Labute approximate surface area is 625 Å². The van der Waals surface area contributed by atoms with Gasteiger partial charge in [0.2, 0.25) is 0 Å². The zero-order chi connectivity index (χ0) is 74.6. The van der Waals surface area contributed by atoms with Crippen LogP contribution in [0.4, 0.5) is 0 Å². The van der Waals surface area contributed by atoms with Gasteiger partial charge in [-0.2, -0.15) is 0 Å². The van der Waals surface area contributed by atoms with Crippen LogP contribution in [0.3, 0.4) is 0 Å². The normalized spacial score (nSPS) is 14.1. The van der Waals surface area contributed by atoms with Gasteiger partial charge in [-0.3, -0.25) is 19.9 Å². The number of aromatic nitrogens is 4. The minimum atomic E-state index is 0. The van der Waals surface area contributed by atoms with E-state index in [2.05, 4.69) is 242 Å². The first kappa shape index (κ1) is 91.6. The van der Waals surface area contributed by atoms with Crippen molar-refractivity contribution >= 4 is 43.6 Å². The van der Waals surface area contributed by atoms with Gasteiger partial charge < -0.3 is 0 Å². The Balaban J connectivity index is 0.000000438. The lowest BCUT2D eigenvalue weighted by Crippen LogP contribution is -2.19. The monoisotopic (exact) mass is 1380 g/mol. The van der Waals surface area contributed by atoms with Crippen LogP contribution in [0.15, 0.2) is 48.5 Å². The van der Waals surface area contributed by atoms with Crippen LogP contribution in [0.2, 0.25) is 0 Å². The lowest BCUT2D eigenvalue weighted by atomic mass is 9.79. The first-order valence-electron chi connectivity index (χ1n) is 39.2. The van der Waals surface area contributed by atoms with Crippen LogP contribution in [-0.4, -0.2) is 19.9 Å². The van der Waals surface area contributed by atoms with Crippen molar-refractivity contribution in [2.24, 2.45) is 0 Å². The van der Waals surface area contributed by atoms with Crippen LogP contribution in [-0.2, 0) is 94.7 Å². The molecule has 0 bridgehead atoms. The molecule has 4 heterocycles. The highest BCUT2D eigenvalue weighted by Gasteiger charge is 2.32. The standard InChI is InChI=1S/2C22H31N.2C21H29N.4C2H6.3CH4/c2*1-14-16-11-9-8-10-15(16)12-17-18(21(2,3)4)13-19(22(5,6)7)23-20(14)17;2*1-13-15-10-8-9-14(15)11-16-17(20(2,3)4)12-18(21(5,6)7)22-19(13)16;4*1-2;;;/h2*12-13H,8-11H2,1-7H3;2*11-12H,8-10H2,1-7H3;4*1-2H3;3*1H4. The van der Waals surface area contributed by atoms with Crippen LogP contribution in [0.1, 0.15) is 394 Å². The SMILES string of the molecule is C.C.C.CC.CC.CC.CC.Cc1c2c(cc3c(C(C)(C)C)cc(C(C)(C)C)nc13)CCC2.Cc1c2c(cc3c(C(C)(C)C)cc(C(C)(C)C)nc13)CCC2.Cc1c2c(cc3c(C(C)(C)C)cc(C(C)(C)C)nc13)CCCC2.Cc1c2c(cc3c(C(C)(C)C)cc(C(C)(C)C)nc13)CCCC2. The molecule has 4 heteroatoms. The topological polar surface area (TPSA) is 51.6 Å². The van der Waals surface area contributed by atoms with E-state index in [4.69, 9.17) is 19.9 Å². The smallest absolute Gasteiger partial charge is 0.0740 e. The maximum Gasteiger partial charge on any atom is 0.0740 e. The Bertz CT molecular complexity index is 3780. The quantitative estimate of drug-likeness (QED) is 0.152. The molecule has 0 radical (unpaired) electrons. The molecule has 4 aromatic carbocycles. The van der Waals surface area contributed by atoms with Gasteiger partial charge >= 0.3 is 0 Å². The lowest BCUT2D eigenvalue weighted by Gasteiger charge is -2.28. The van der Waals surface area contributed by atoms with Crippen LogP contribution >= 0.6 is 0 Å². The molecule has 0 N–H and O–H groups in total. The summed E-state index contributed by atoms with van der Waals surface area (Å²) in [6.45, 7) is 80.1. The van der Waals surface area contributed by atoms with E-state index in [-0.39, 0.29) is 65.6 Å². The van der Waals surface area contributed by atoms with E-state index in [1.54, 1.807) is 44.5 Å². The minimum absolute atomic E-state index is 0. The van der Waals surface area contributed by atoms with Gasteiger partial charge in [-0.15, -0.1) is 0 Å². The van der Waals surface area contributed by atoms with Crippen LogP contribution < -0.4 is 0 Å². The molecule has 0 saturated heterocycles. The molecule has 4 aliphatic rings. The maximum absolute atomic E-state index is 5.13. The summed E-state index contributed by atoms with van der Waals surface area (Å²) in [7, 11) is 0. The van der Waals surface area contributed by atoms with E-state index in [1.807, 2.05) is 55.4 Å². The molecule has 12 rings (SSSR count). The van der Waals surface area contributed by atoms with E-state index in [9.17, 15) is 0 Å². The zero-order valence-electron chi connectivity index (χ0n) is 70.3. The first-order valence-corrected chi connectivity index (χ1v) is 39.2. The number of hydrogen-bond acceptors (Lipinski definition) is 4. The van der Waals surface area contributed by atoms with E-state index in [1.165, 1.54) is 201 Å². The van der Waals surface area contributed by atoms with Crippen molar-refractivity contribution in [2.75, 3.05) is 0 Å². The lowest BCUT2D eigenvalue weighted by molar-refractivity contribution is 0.557. The second-order valence-electron chi connectivity index (χ2n) is 36.5. The molecular weight excluding hydrogens is 1220 g/mol. The predicted molar refractivity (Wildman–Crippen MR) is 458 cm³/mol. The molecule has 0 spiro atoms. The molecule has 4 aliphatic carbocycles. The van der Waals surface area contributed by atoms with Crippen molar-refractivity contribution in [3.63, 3.8) is 0 Å². The van der Waals surface area contributed by atoms with Gasteiger partial charge in [0.1, 0.15) is 0 Å². The average molecular weight is 1380 g/mol. The van der Waals surface area contributed by atoms with E-state index in [0.717, 1.165) is 0 Å². The average Bonchev–Trinajstić information content (AvgIpc) is 1.70. The fourth-order valence-electron chi connectivity index (χ4n) is 15.0. The molecular formula is C97H156N4. The second kappa shape index (κ2) is 35.5. The summed E-state index contributed by atoms with van der Waals surface area (Å²) in [6.07, 6.45) is 17.7. The summed E-state index contributed by atoms with van der Waals surface area (Å²) < 4.78 is 0. The first-order chi connectivity index (χ1) is 45.3. The highest BCUT2D eigenvalue weighted by atomic mass is 14.8. The highest BCUT2D eigenvalue weighted by molar-refractivity contribution is 5.91. The van der Waals surface area contributed by atoms with Crippen molar-refractivity contribution in [3.05, 3.63) is 160 Å². The molecule has 101 heavy (non-hydrogen) atoms. The number of nitrogens with zero attached hydrogens (tertiary/aromatic N) is 4. The Hall–Kier alpha value is -5.48. The fraction of sp³-hybridized carbons (Fsp3) is 0.629.